The van der Waals surface area contributed by atoms with E-state index >= 15 is 0 Å². The van der Waals surface area contributed by atoms with Gasteiger partial charge in [0.25, 0.3) is 5.91 Å². The normalized spacial score (nSPS) is 10.9. The summed E-state index contributed by atoms with van der Waals surface area (Å²) < 4.78 is 33.4. The van der Waals surface area contributed by atoms with Gasteiger partial charge in [0.1, 0.15) is 5.82 Å². The molecular weight excluding hydrogens is 372 g/mol. The van der Waals surface area contributed by atoms with Gasteiger partial charge in [0.05, 0.1) is 5.69 Å². The number of amides is 1. The Bertz CT molecular complexity index is 1090. The fraction of sp³-hybridized carbons (Fsp3) is 0.0526. The van der Waals surface area contributed by atoms with E-state index in [2.05, 4.69) is 10.3 Å². The second-order valence-electron chi connectivity index (χ2n) is 5.71. The molecule has 0 unspecified atom stereocenters. The number of hydrogen-bond donors (Lipinski definition) is 1. The Morgan fingerprint density at radius 3 is 2.93 bits per heavy atom. The fourth-order valence-corrected chi connectivity index (χ4v) is 3.26. The van der Waals surface area contributed by atoms with Crippen LogP contribution in [0, 0.1) is 11.6 Å². The smallest absolute Gasteiger partial charge is 0.262 e. The molecule has 1 N–H and O–H groups in total. The Balaban J connectivity index is 1.43. The molecule has 0 radical (unpaired) electrons. The van der Waals surface area contributed by atoms with E-state index in [0.717, 1.165) is 28.4 Å². The van der Waals surface area contributed by atoms with Gasteiger partial charge in [-0.3, -0.25) is 9.20 Å². The molecular formula is C19H13F2N3O2S. The van der Waals surface area contributed by atoms with E-state index in [4.69, 9.17) is 4.74 Å². The molecule has 5 nitrogen and oxygen atoms in total. The molecule has 4 aromatic rings. The van der Waals surface area contributed by atoms with Crippen molar-refractivity contribution in [2.45, 2.75) is 0 Å². The highest BCUT2D eigenvalue weighted by atomic mass is 32.1. The molecule has 27 heavy (non-hydrogen) atoms. The van der Waals surface area contributed by atoms with Gasteiger partial charge < -0.3 is 10.1 Å². The van der Waals surface area contributed by atoms with Crippen molar-refractivity contribution in [3.63, 3.8) is 0 Å². The standard InChI is InChI=1S/C19H13F2N3O2S/c20-13-4-5-17(15(21)9-13)26-11-18(25)22-14-3-1-2-12(8-14)16-10-24-6-7-27-19(24)23-16/h1-10H,11H2,(H,22,25). The van der Waals surface area contributed by atoms with Crippen LogP contribution in [0.4, 0.5) is 14.5 Å². The van der Waals surface area contributed by atoms with E-state index in [9.17, 15) is 13.6 Å². The second kappa shape index (κ2) is 7.16. The van der Waals surface area contributed by atoms with Crippen molar-refractivity contribution < 1.29 is 18.3 Å². The number of carbonyl (C=O) groups is 1. The Labute approximate surface area is 156 Å². The predicted octanol–water partition coefficient (Wildman–Crippen LogP) is 4.36. The molecule has 136 valence electrons. The van der Waals surface area contributed by atoms with E-state index in [1.165, 1.54) is 11.3 Å². The van der Waals surface area contributed by atoms with Crippen molar-refractivity contribution in [1.29, 1.82) is 0 Å². The molecule has 8 heteroatoms. The van der Waals surface area contributed by atoms with Crippen LogP contribution >= 0.6 is 11.3 Å². The van der Waals surface area contributed by atoms with Gasteiger partial charge in [0.2, 0.25) is 0 Å². The Morgan fingerprint density at radius 1 is 1.22 bits per heavy atom. The molecule has 0 aliphatic rings. The molecule has 1 amide bonds. The van der Waals surface area contributed by atoms with Crippen LogP contribution in [0.15, 0.2) is 60.2 Å². The molecule has 0 spiro atoms. The minimum absolute atomic E-state index is 0.182. The summed E-state index contributed by atoms with van der Waals surface area (Å²) in [5.74, 6) is -2.20. The number of fused-ring (bicyclic) bond motifs is 1. The number of halogens is 2. The summed E-state index contributed by atoms with van der Waals surface area (Å²) in [4.78, 5) is 17.5. The van der Waals surface area contributed by atoms with Crippen molar-refractivity contribution >= 4 is 27.9 Å². The van der Waals surface area contributed by atoms with Crippen molar-refractivity contribution in [3.05, 3.63) is 71.9 Å². The first kappa shape index (κ1) is 17.2. The van der Waals surface area contributed by atoms with Gasteiger partial charge in [0, 0.05) is 35.1 Å². The van der Waals surface area contributed by atoms with Gasteiger partial charge in [-0.15, -0.1) is 11.3 Å². The largest absolute Gasteiger partial charge is 0.481 e. The number of benzene rings is 2. The number of thiazole rings is 1. The number of nitrogens with one attached hydrogen (secondary N) is 1. The molecule has 2 heterocycles. The summed E-state index contributed by atoms with van der Waals surface area (Å²) in [5.41, 5.74) is 2.22. The minimum Gasteiger partial charge on any atom is -0.481 e. The predicted molar refractivity (Wildman–Crippen MR) is 99.0 cm³/mol. The molecule has 4 rings (SSSR count). The highest BCUT2D eigenvalue weighted by Crippen LogP contribution is 2.24. The van der Waals surface area contributed by atoms with E-state index in [1.54, 1.807) is 18.2 Å². The van der Waals surface area contributed by atoms with E-state index < -0.39 is 24.1 Å². The topological polar surface area (TPSA) is 55.6 Å². The third-order valence-electron chi connectivity index (χ3n) is 3.79. The lowest BCUT2D eigenvalue weighted by Crippen LogP contribution is -2.20. The lowest BCUT2D eigenvalue weighted by Gasteiger charge is -2.09. The van der Waals surface area contributed by atoms with Crippen LogP contribution in [-0.4, -0.2) is 21.9 Å². The van der Waals surface area contributed by atoms with Gasteiger partial charge in [-0.1, -0.05) is 12.1 Å². The van der Waals surface area contributed by atoms with E-state index in [1.807, 2.05) is 28.2 Å². The lowest BCUT2D eigenvalue weighted by atomic mass is 10.1. The molecule has 0 bridgehead atoms. The Kier molecular flexibility index (Phi) is 4.55. The lowest BCUT2D eigenvalue weighted by molar-refractivity contribution is -0.118. The molecule has 0 aliphatic carbocycles. The minimum atomic E-state index is -0.857. The summed E-state index contributed by atoms with van der Waals surface area (Å²) in [6.45, 7) is -0.396. The van der Waals surface area contributed by atoms with Crippen LogP contribution in [0.5, 0.6) is 5.75 Å². The summed E-state index contributed by atoms with van der Waals surface area (Å²) >= 11 is 1.54. The Hall–Kier alpha value is -3.26. The molecule has 0 aliphatic heterocycles. The van der Waals surface area contributed by atoms with Gasteiger partial charge in [-0.25, -0.2) is 13.8 Å². The number of imidazole rings is 1. The third kappa shape index (κ3) is 3.80. The fourth-order valence-electron chi connectivity index (χ4n) is 2.56. The second-order valence-corrected chi connectivity index (χ2v) is 6.58. The maximum absolute atomic E-state index is 13.5. The zero-order valence-corrected chi connectivity index (χ0v) is 14.7. The zero-order valence-electron chi connectivity index (χ0n) is 13.9. The average Bonchev–Trinajstić information content (AvgIpc) is 3.23. The number of hydrogen-bond acceptors (Lipinski definition) is 4. The average molecular weight is 385 g/mol. The van der Waals surface area contributed by atoms with Crippen LogP contribution in [0.25, 0.3) is 16.2 Å². The summed E-state index contributed by atoms with van der Waals surface area (Å²) in [6, 6.07) is 10.1. The molecule has 0 atom stereocenters. The molecule has 2 aromatic carbocycles. The summed E-state index contributed by atoms with van der Waals surface area (Å²) in [6.07, 6.45) is 3.83. The zero-order chi connectivity index (χ0) is 18.8. The molecule has 0 saturated carbocycles. The highest BCUT2D eigenvalue weighted by Gasteiger charge is 2.10. The van der Waals surface area contributed by atoms with Crippen molar-refractivity contribution in [1.82, 2.24) is 9.38 Å². The van der Waals surface area contributed by atoms with E-state index in [0.29, 0.717) is 11.8 Å². The van der Waals surface area contributed by atoms with Crippen LogP contribution < -0.4 is 10.1 Å². The van der Waals surface area contributed by atoms with Gasteiger partial charge >= 0.3 is 0 Å². The molecule has 0 saturated heterocycles. The molecule has 2 aromatic heterocycles. The van der Waals surface area contributed by atoms with Gasteiger partial charge in [0.15, 0.2) is 23.1 Å². The summed E-state index contributed by atoms with van der Waals surface area (Å²) in [5, 5.41) is 4.64. The quantitative estimate of drug-likeness (QED) is 0.555. The molecule has 0 fully saturated rings. The van der Waals surface area contributed by atoms with Crippen LogP contribution in [0.2, 0.25) is 0 Å². The first-order valence-electron chi connectivity index (χ1n) is 7.99. The van der Waals surface area contributed by atoms with Crippen LogP contribution in [0.3, 0.4) is 0 Å². The monoisotopic (exact) mass is 385 g/mol. The summed E-state index contributed by atoms with van der Waals surface area (Å²) in [7, 11) is 0. The van der Waals surface area contributed by atoms with Crippen LogP contribution in [0.1, 0.15) is 0 Å². The number of aromatic nitrogens is 2. The number of anilines is 1. The van der Waals surface area contributed by atoms with E-state index in [-0.39, 0.29) is 5.75 Å². The third-order valence-corrected chi connectivity index (χ3v) is 4.56. The first-order chi connectivity index (χ1) is 13.1. The van der Waals surface area contributed by atoms with Gasteiger partial charge in [-0.2, -0.15) is 0 Å². The maximum Gasteiger partial charge on any atom is 0.262 e. The highest BCUT2D eigenvalue weighted by molar-refractivity contribution is 7.15. The Morgan fingerprint density at radius 2 is 2.11 bits per heavy atom. The van der Waals surface area contributed by atoms with Crippen molar-refractivity contribution in [2.75, 3.05) is 11.9 Å². The number of ether oxygens (including phenoxy) is 1. The number of rotatable bonds is 5. The first-order valence-corrected chi connectivity index (χ1v) is 8.87. The van der Waals surface area contributed by atoms with Crippen molar-refractivity contribution in [2.24, 2.45) is 0 Å². The SMILES string of the molecule is O=C(COc1ccc(F)cc1F)Nc1cccc(-c2cn3ccsc3n2)c1. The number of carbonyl (C=O) groups excluding carboxylic acids is 1. The maximum atomic E-state index is 13.5. The number of nitrogens with zero attached hydrogens (tertiary/aromatic N) is 2. The van der Waals surface area contributed by atoms with Crippen LogP contribution in [-0.2, 0) is 4.79 Å². The van der Waals surface area contributed by atoms with Gasteiger partial charge in [-0.05, 0) is 24.3 Å². The van der Waals surface area contributed by atoms with Crippen molar-refractivity contribution in [3.8, 4) is 17.0 Å².